The molecule has 0 radical (unpaired) electrons. The highest BCUT2D eigenvalue weighted by Gasteiger charge is 2.29. The van der Waals surface area contributed by atoms with Crippen molar-refractivity contribution in [3.63, 3.8) is 0 Å². The fourth-order valence-electron chi connectivity index (χ4n) is 3.89. The molecule has 1 aliphatic heterocycles. The number of nitrogens with zero attached hydrogens (tertiary/aromatic N) is 7. The Bertz CT molecular complexity index is 1250. The molecule has 1 aromatic carbocycles. The van der Waals surface area contributed by atoms with Gasteiger partial charge in [0.2, 0.25) is 11.6 Å². The number of fused-ring (bicyclic) bond motifs is 1. The van der Waals surface area contributed by atoms with Gasteiger partial charge in [-0.3, -0.25) is 15.1 Å². The van der Waals surface area contributed by atoms with E-state index >= 15 is 0 Å². The summed E-state index contributed by atoms with van der Waals surface area (Å²) >= 11 is 0. The van der Waals surface area contributed by atoms with Gasteiger partial charge in [-0.2, -0.15) is 0 Å². The van der Waals surface area contributed by atoms with Crippen molar-refractivity contribution in [3.8, 4) is 0 Å². The third-order valence-electron chi connectivity index (χ3n) is 5.44. The van der Waals surface area contributed by atoms with E-state index in [-0.39, 0.29) is 11.5 Å². The monoisotopic (exact) mass is 428 g/mol. The predicted molar refractivity (Wildman–Crippen MR) is 122 cm³/mol. The van der Waals surface area contributed by atoms with E-state index in [9.17, 15) is 10.1 Å². The minimum absolute atomic E-state index is 0.139. The first-order valence-electron chi connectivity index (χ1n) is 10.2. The van der Waals surface area contributed by atoms with E-state index < -0.39 is 4.92 Å². The molecule has 1 saturated heterocycles. The smallest absolute Gasteiger partial charge is 0.353 e. The Hall–Kier alpha value is -4.34. The molecule has 4 aromatic rings. The van der Waals surface area contributed by atoms with Crippen molar-refractivity contribution in [2.75, 3.05) is 41.3 Å². The van der Waals surface area contributed by atoms with Crippen molar-refractivity contribution in [1.29, 1.82) is 0 Å². The van der Waals surface area contributed by atoms with Gasteiger partial charge < -0.3 is 15.1 Å². The lowest BCUT2D eigenvalue weighted by Gasteiger charge is -2.35. The Morgan fingerprint density at radius 1 is 0.844 bits per heavy atom. The normalized spacial score (nSPS) is 13.9. The van der Waals surface area contributed by atoms with Crippen LogP contribution in [0.4, 0.5) is 28.8 Å². The highest BCUT2D eigenvalue weighted by atomic mass is 16.6. The molecule has 32 heavy (non-hydrogen) atoms. The summed E-state index contributed by atoms with van der Waals surface area (Å²) in [6, 6.07) is 15.1. The van der Waals surface area contributed by atoms with Crippen LogP contribution in [0.1, 0.15) is 0 Å². The van der Waals surface area contributed by atoms with Crippen LogP contribution in [0.5, 0.6) is 0 Å². The maximum absolute atomic E-state index is 12.1. The Morgan fingerprint density at radius 2 is 1.66 bits per heavy atom. The van der Waals surface area contributed by atoms with E-state index in [1.165, 1.54) is 6.33 Å². The predicted octanol–water partition coefficient (Wildman–Crippen LogP) is 3.40. The number of hydrogen-bond donors (Lipinski definition) is 1. The molecule has 4 heterocycles. The maximum Gasteiger partial charge on any atom is 0.353 e. The Kier molecular flexibility index (Phi) is 5.16. The summed E-state index contributed by atoms with van der Waals surface area (Å²) in [7, 11) is 0. The van der Waals surface area contributed by atoms with Gasteiger partial charge in [-0.25, -0.2) is 15.0 Å². The van der Waals surface area contributed by atoms with Gasteiger partial charge in [-0.05, 0) is 36.4 Å². The molecular weight excluding hydrogens is 408 g/mol. The Labute approximate surface area is 183 Å². The first-order valence-corrected chi connectivity index (χ1v) is 10.2. The molecule has 160 valence electrons. The quantitative estimate of drug-likeness (QED) is 0.377. The lowest BCUT2D eigenvalue weighted by atomic mass is 10.2. The molecule has 10 heteroatoms. The van der Waals surface area contributed by atoms with Gasteiger partial charge >= 0.3 is 5.69 Å². The molecule has 0 bridgehead atoms. The highest BCUT2D eigenvalue weighted by Crippen LogP contribution is 2.35. The largest absolute Gasteiger partial charge is 0.353 e. The van der Waals surface area contributed by atoms with Crippen LogP contribution in [0.25, 0.3) is 10.9 Å². The van der Waals surface area contributed by atoms with Crippen LogP contribution in [0.2, 0.25) is 0 Å². The van der Waals surface area contributed by atoms with E-state index in [2.05, 4.69) is 30.2 Å². The average Bonchev–Trinajstić information content (AvgIpc) is 2.85. The zero-order chi connectivity index (χ0) is 21.9. The topological polar surface area (TPSA) is 113 Å². The van der Waals surface area contributed by atoms with E-state index in [1.54, 1.807) is 12.4 Å². The number of nitrogens with one attached hydrogen (secondary N) is 1. The van der Waals surface area contributed by atoms with Crippen LogP contribution in [0.3, 0.4) is 0 Å². The highest BCUT2D eigenvalue weighted by molar-refractivity contribution is 5.93. The molecular formula is C22H20N8O2. The summed E-state index contributed by atoms with van der Waals surface area (Å²) in [6.45, 7) is 2.56. The molecule has 0 saturated carbocycles. The van der Waals surface area contributed by atoms with Crippen molar-refractivity contribution in [2.24, 2.45) is 0 Å². The summed E-state index contributed by atoms with van der Waals surface area (Å²) in [5.74, 6) is 1.37. The first kappa shape index (κ1) is 19.6. The lowest BCUT2D eigenvalue weighted by molar-refractivity contribution is -0.383. The summed E-state index contributed by atoms with van der Waals surface area (Å²) in [5, 5.41) is 16.0. The van der Waals surface area contributed by atoms with Crippen molar-refractivity contribution >= 4 is 39.7 Å². The van der Waals surface area contributed by atoms with E-state index in [4.69, 9.17) is 0 Å². The van der Waals surface area contributed by atoms with Gasteiger partial charge in [0.1, 0.15) is 12.1 Å². The first-order chi connectivity index (χ1) is 15.7. The van der Waals surface area contributed by atoms with Crippen LogP contribution < -0.4 is 15.1 Å². The van der Waals surface area contributed by atoms with E-state index in [0.717, 1.165) is 16.7 Å². The number of hydrogen-bond acceptors (Lipinski definition) is 9. The minimum atomic E-state index is -0.424. The van der Waals surface area contributed by atoms with Crippen LogP contribution in [0.15, 0.2) is 67.3 Å². The van der Waals surface area contributed by atoms with Crippen molar-refractivity contribution in [3.05, 3.63) is 77.4 Å². The second-order valence-electron chi connectivity index (χ2n) is 7.31. The van der Waals surface area contributed by atoms with E-state index in [0.29, 0.717) is 37.7 Å². The van der Waals surface area contributed by atoms with Crippen molar-refractivity contribution in [2.45, 2.75) is 0 Å². The summed E-state index contributed by atoms with van der Waals surface area (Å²) in [5.41, 5.74) is 1.35. The fourth-order valence-corrected chi connectivity index (χ4v) is 3.89. The van der Waals surface area contributed by atoms with Gasteiger partial charge in [0.25, 0.3) is 0 Å². The molecule has 10 nitrogen and oxygen atoms in total. The zero-order valence-corrected chi connectivity index (χ0v) is 17.1. The number of pyridine rings is 2. The molecule has 0 unspecified atom stereocenters. The molecule has 0 atom stereocenters. The molecule has 0 aliphatic carbocycles. The zero-order valence-electron chi connectivity index (χ0n) is 17.1. The molecule has 3 aromatic heterocycles. The number of piperazine rings is 1. The average molecular weight is 428 g/mol. The molecule has 5 rings (SSSR count). The van der Waals surface area contributed by atoms with Gasteiger partial charge in [-0.1, -0.05) is 12.1 Å². The number of anilines is 4. The standard InChI is InChI=1S/C22H20N8O2/c31-30(32)20-21(27-18-7-3-6-17-16(18)5-4-10-23-17)25-15-26-22(20)29-13-11-28(12-14-29)19-8-1-2-9-24-19/h1-10,15H,11-14H2,(H,25,26,27). The van der Waals surface area contributed by atoms with Gasteiger partial charge in [-0.15, -0.1) is 0 Å². The summed E-state index contributed by atoms with van der Waals surface area (Å²) < 4.78 is 0. The second-order valence-corrected chi connectivity index (χ2v) is 7.31. The van der Waals surface area contributed by atoms with E-state index in [1.807, 2.05) is 53.4 Å². The number of aromatic nitrogens is 4. The third-order valence-corrected chi connectivity index (χ3v) is 5.44. The fraction of sp³-hybridized carbons (Fsp3) is 0.182. The maximum atomic E-state index is 12.1. The van der Waals surface area contributed by atoms with Crippen molar-refractivity contribution in [1.82, 2.24) is 19.9 Å². The number of rotatable bonds is 5. The van der Waals surface area contributed by atoms with Crippen LogP contribution in [-0.4, -0.2) is 51.0 Å². The Morgan fingerprint density at radius 3 is 2.44 bits per heavy atom. The molecule has 1 fully saturated rings. The third kappa shape index (κ3) is 3.73. The minimum Gasteiger partial charge on any atom is -0.353 e. The van der Waals surface area contributed by atoms with Crippen LogP contribution >= 0.6 is 0 Å². The van der Waals surface area contributed by atoms with Crippen LogP contribution in [0, 0.1) is 10.1 Å². The molecule has 0 spiro atoms. The van der Waals surface area contributed by atoms with Gasteiger partial charge in [0.15, 0.2) is 0 Å². The molecule has 1 N–H and O–H groups in total. The van der Waals surface area contributed by atoms with Crippen LogP contribution in [-0.2, 0) is 0 Å². The summed E-state index contributed by atoms with van der Waals surface area (Å²) in [6.07, 6.45) is 4.83. The van der Waals surface area contributed by atoms with Gasteiger partial charge in [0.05, 0.1) is 10.4 Å². The number of nitro groups is 1. The van der Waals surface area contributed by atoms with Crippen molar-refractivity contribution < 1.29 is 4.92 Å². The summed E-state index contributed by atoms with van der Waals surface area (Å²) in [4.78, 5) is 32.9. The second kappa shape index (κ2) is 8.42. The SMILES string of the molecule is O=[N+]([O-])c1c(Nc2cccc3ncccc23)ncnc1N1CCN(c2ccccn2)CC1. The molecule has 0 amide bonds. The molecule has 1 aliphatic rings. The van der Waals surface area contributed by atoms with Gasteiger partial charge in [0, 0.05) is 49.6 Å². The number of benzene rings is 1. The lowest BCUT2D eigenvalue weighted by Crippen LogP contribution is -2.47. The Balaban J connectivity index is 1.43.